The molecule has 1 fully saturated rings. The molecular formula is C45H75N7O7. The van der Waals surface area contributed by atoms with Gasteiger partial charge in [0.2, 0.25) is 17.7 Å². The van der Waals surface area contributed by atoms with Crippen molar-refractivity contribution in [1.82, 2.24) is 30.3 Å². The number of nitrogens with zero attached hydrogens (tertiary/aromatic N) is 4. The van der Waals surface area contributed by atoms with Crippen molar-refractivity contribution in [2.45, 2.75) is 142 Å². The zero-order chi connectivity index (χ0) is 44.1. The molecule has 3 amide bonds. The van der Waals surface area contributed by atoms with E-state index in [4.69, 9.17) is 15.2 Å². The molecular weight excluding hydrogens is 751 g/mol. The second-order valence-corrected chi connectivity index (χ2v) is 17.3. The number of nitrogen functional groups attached to an aromatic ring is 1. The summed E-state index contributed by atoms with van der Waals surface area (Å²) >= 11 is 0. The largest absolute Gasteiger partial charge is 0.387 e. The lowest BCUT2D eigenvalue weighted by atomic mass is 9.89. The van der Waals surface area contributed by atoms with Gasteiger partial charge in [0.15, 0.2) is 0 Å². The van der Waals surface area contributed by atoms with E-state index in [1.54, 1.807) is 38.4 Å². The molecule has 0 aliphatic carbocycles. The molecule has 1 aliphatic rings. The van der Waals surface area contributed by atoms with Crippen molar-refractivity contribution in [2.75, 3.05) is 40.6 Å². The minimum Gasteiger partial charge on any atom is -0.387 e. The van der Waals surface area contributed by atoms with Gasteiger partial charge in [0.05, 0.1) is 42.9 Å². The molecule has 14 nitrogen and oxygen atoms in total. The quantitative estimate of drug-likeness (QED) is 0.101. The molecule has 1 saturated heterocycles. The third kappa shape index (κ3) is 13.2. The third-order valence-corrected chi connectivity index (χ3v) is 12.3. The molecule has 0 radical (unpaired) electrons. The number of carbonyl (C=O) groups excluding carboxylic acids is 3. The number of nitrogens with one attached hydrogen (secondary N) is 2. The van der Waals surface area contributed by atoms with E-state index >= 15 is 0 Å². The van der Waals surface area contributed by atoms with Crippen LogP contribution in [0.2, 0.25) is 0 Å². The standard InChI is InChI=1S/C45H75N7O7/c1-13-29(6)40(51(10)45(57)38(27(2)3)49-44(56)39(28(4)5)50(9)26-32-21-22-47-36(46)24-32)35(58-11)25-37(53)52-23-17-20-34(52)42(59-12)30(7)43(55)48-31(8)41(54)33-18-15-14-16-19-33/h14-16,18-19,21-22,24,27-31,34-35,38-43,48,54-55H,13,17,20,23,25-26H2,1-12H3,(H2,46,47)(H,49,56)/t29-,30+,31+,34-,35+,38-,39-,40-,41+,42+,43?/m0/s1. The van der Waals surface area contributed by atoms with Gasteiger partial charge in [-0.2, -0.15) is 0 Å². The van der Waals surface area contributed by atoms with E-state index in [9.17, 15) is 24.6 Å². The zero-order valence-corrected chi connectivity index (χ0v) is 37.7. The maximum absolute atomic E-state index is 14.5. The molecule has 14 heteroatoms. The maximum atomic E-state index is 14.5. The lowest BCUT2D eigenvalue weighted by molar-refractivity contribution is -0.148. The van der Waals surface area contributed by atoms with Gasteiger partial charge in [-0.25, -0.2) is 4.98 Å². The van der Waals surface area contributed by atoms with Crippen LogP contribution >= 0.6 is 0 Å². The number of likely N-dealkylation sites (N-methyl/N-ethyl adjacent to an activating group) is 2. The van der Waals surface area contributed by atoms with E-state index in [1.807, 2.05) is 102 Å². The molecule has 1 aromatic heterocycles. The van der Waals surface area contributed by atoms with Crippen LogP contribution in [0, 0.1) is 23.7 Å². The first-order valence-corrected chi connectivity index (χ1v) is 21.4. The first kappa shape index (κ1) is 49.7. The number of methoxy groups -OCH3 is 2. The Morgan fingerprint density at radius 2 is 1.64 bits per heavy atom. The normalized spacial score (nSPS) is 19.7. The molecule has 332 valence electrons. The van der Waals surface area contributed by atoms with E-state index in [-0.39, 0.29) is 47.9 Å². The van der Waals surface area contributed by atoms with Crippen LogP contribution in [-0.2, 0) is 30.4 Å². The summed E-state index contributed by atoms with van der Waals surface area (Å²) in [4.78, 5) is 52.4. The van der Waals surface area contributed by atoms with Crippen LogP contribution in [-0.4, -0.2) is 131 Å². The molecule has 1 aromatic carbocycles. The summed E-state index contributed by atoms with van der Waals surface area (Å²) in [6.07, 6.45) is 0.917. The SMILES string of the molecule is CC[C@H](C)[C@@H]([C@@H](CC(=O)N1CCC[C@H]1[C@H](OC)[C@@H](C)C(O)N[C@H](C)[C@@H](O)c1ccccc1)OC)N(C)C(=O)[C@@H](NC(=O)[C@H](C(C)C)N(C)Cc1ccnc(N)c1)C(C)C. The summed E-state index contributed by atoms with van der Waals surface area (Å²) in [5.74, 6) is -0.943. The number of likely N-dealkylation sites (tertiary alicyclic amines) is 1. The number of rotatable bonds is 23. The van der Waals surface area contributed by atoms with Crippen molar-refractivity contribution in [2.24, 2.45) is 23.7 Å². The number of aliphatic hydroxyl groups excluding tert-OH is 2. The first-order chi connectivity index (χ1) is 27.9. The van der Waals surface area contributed by atoms with Crippen molar-refractivity contribution in [3.63, 3.8) is 0 Å². The number of ether oxygens (including phenoxy) is 2. The summed E-state index contributed by atoms with van der Waals surface area (Å²) in [5.41, 5.74) is 7.59. The minimum atomic E-state index is -1.02. The molecule has 1 unspecified atom stereocenters. The highest BCUT2D eigenvalue weighted by Crippen LogP contribution is 2.31. The topological polar surface area (TPSA) is 183 Å². The number of pyridine rings is 1. The molecule has 59 heavy (non-hydrogen) atoms. The number of benzene rings is 1. The highest BCUT2D eigenvalue weighted by atomic mass is 16.5. The van der Waals surface area contributed by atoms with Gasteiger partial charge in [0.25, 0.3) is 0 Å². The Bertz CT molecular complexity index is 1600. The lowest BCUT2D eigenvalue weighted by Gasteiger charge is -2.41. The van der Waals surface area contributed by atoms with Crippen LogP contribution in [0.5, 0.6) is 0 Å². The predicted molar refractivity (Wildman–Crippen MR) is 232 cm³/mol. The minimum absolute atomic E-state index is 0.0317. The van der Waals surface area contributed by atoms with Gasteiger partial charge in [-0.1, -0.05) is 85.2 Å². The van der Waals surface area contributed by atoms with Crippen molar-refractivity contribution >= 4 is 23.5 Å². The van der Waals surface area contributed by atoms with Crippen LogP contribution in [0.3, 0.4) is 0 Å². The van der Waals surface area contributed by atoms with Gasteiger partial charge in [0.1, 0.15) is 18.1 Å². The van der Waals surface area contributed by atoms with Crippen LogP contribution in [0.15, 0.2) is 48.7 Å². The second kappa shape index (κ2) is 23.4. The highest BCUT2D eigenvalue weighted by Gasteiger charge is 2.43. The lowest BCUT2D eigenvalue weighted by Crippen LogP contribution is -2.60. The van der Waals surface area contributed by atoms with Crippen molar-refractivity contribution in [3.05, 3.63) is 59.8 Å². The van der Waals surface area contributed by atoms with Crippen LogP contribution in [0.25, 0.3) is 0 Å². The summed E-state index contributed by atoms with van der Waals surface area (Å²) in [7, 11) is 6.79. The molecule has 2 aromatic rings. The van der Waals surface area contributed by atoms with Gasteiger partial charge in [-0.3, -0.25) is 24.6 Å². The van der Waals surface area contributed by atoms with Gasteiger partial charge in [-0.05, 0) is 67.8 Å². The molecule has 0 bridgehead atoms. The molecule has 0 spiro atoms. The average molecular weight is 826 g/mol. The summed E-state index contributed by atoms with van der Waals surface area (Å²) < 4.78 is 12.1. The Labute approximate surface area is 353 Å². The molecule has 6 N–H and O–H groups in total. The van der Waals surface area contributed by atoms with Gasteiger partial charge >= 0.3 is 0 Å². The number of aliphatic hydroxyl groups is 2. The van der Waals surface area contributed by atoms with Crippen LogP contribution in [0.4, 0.5) is 5.82 Å². The molecule has 3 rings (SSSR count). The molecule has 2 heterocycles. The van der Waals surface area contributed by atoms with Crippen molar-refractivity contribution in [1.29, 1.82) is 0 Å². The number of carbonyl (C=O) groups is 3. The van der Waals surface area contributed by atoms with E-state index in [0.29, 0.717) is 25.3 Å². The summed E-state index contributed by atoms with van der Waals surface area (Å²) in [6.45, 7) is 16.6. The van der Waals surface area contributed by atoms with E-state index in [0.717, 1.165) is 24.0 Å². The third-order valence-electron chi connectivity index (χ3n) is 12.3. The smallest absolute Gasteiger partial charge is 0.245 e. The van der Waals surface area contributed by atoms with E-state index < -0.39 is 54.6 Å². The van der Waals surface area contributed by atoms with Crippen LogP contribution < -0.4 is 16.4 Å². The van der Waals surface area contributed by atoms with E-state index in [2.05, 4.69) is 22.5 Å². The fourth-order valence-corrected chi connectivity index (χ4v) is 8.78. The summed E-state index contributed by atoms with van der Waals surface area (Å²) in [5, 5.41) is 28.5. The fraction of sp³-hybridized carbons (Fsp3) is 0.689. The zero-order valence-electron chi connectivity index (χ0n) is 37.7. The number of hydrogen-bond acceptors (Lipinski definition) is 11. The Hall–Kier alpha value is -3.66. The number of anilines is 1. The average Bonchev–Trinajstić information content (AvgIpc) is 3.68. The molecule has 0 saturated carbocycles. The van der Waals surface area contributed by atoms with E-state index in [1.165, 1.54) is 0 Å². The number of hydrogen-bond donors (Lipinski definition) is 5. The van der Waals surface area contributed by atoms with Gasteiger partial charge in [-0.15, -0.1) is 0 Å². The first-order valence-electron chi connectivity index (χ1n) is 21.4. The monoisotopic (exact) mass is 826 g/mol. The predicted octanol–water partition coefficient (Wildman–Crippen LogP) is 4.21. The van der Waals surface area contributed by atoms with Crippen LogP contribution in [0.1, 0.15) is 98.3 Å². The molecule has 1 aliphatic heterocycles. The summed E-state index contributed by atoms with van der Waals surface area (Å²) in [6, 6.07) is 10.4. The Morgan fingerprint density at radius 1 is 0.983 bits per heavy atom. The maximum Gasteiger partial charge on any atom is 0.245 e. The fourth-order valence-electron chi connectivity index (χ4n) is 8.78. The number of amides is 3. The van der Waals surface area contributed by atoms with Gasteiger partial charge < -0.3 is 40.5 Å². The number of aromatic nitrogens is 1. The Balaban J connectivity index is 1.77. The van der Waals surface area contributed by atoms with Crippen molar-refractivity contribution in [3.8, 4) is 0 Å². The highest BCUT2D eigenvalue weighted by molar-refractivity contribution is 5.90. The Morgan fingerprint density at radius 3 is 2.20 bits per heavy atom. The number of nitrogens with two attached hydrogens (primary N) is 1. The molecule has 11 atom stereocenters. The van der Waals surface area contributed by atoms with Gasteiger partial charge in [0, 0.05) is 52.5 Å². The van der Waals surface area contributed by atoms with Crippen molar-refractivity contribution < 1.29 is 34.1 Å². The second-order valence-electron chi connectivity index (χ2n) is 17.3. The Kier molecular flexibility index (Phi) is 19.7.